The van der Waals surface area contributed by atoms with Crippen molar-refractivity contribution in [2.24, 2.45) is 5.92 Å². The van der Waals surface area contributed by atoms with Crippen LogP contribution in [0.15, 0.2) is 24.3 Å². The lowest BCUT2D eigenvalue weighted by atomic mass is 9.94. The maximum atomic E-state index is 12.8. The fourth-order valence-electron chi connectivity index (χ4n) is 4.74. The summed E-state index contributed by atoms with van der Waals surface area (Å²) in [7, 11) is 0. The minimum atomic E-state index is -0.470. The van der Waals surface area contributed by atoms with Gasteiger partial charge in [0.15, 0.2) is 0 Å². The number of hydrogen-bond acceptors (Lipinski definition) is 5. The molecule has 30 heavy (non-hydrogen) atoms. The van der Waals surface area contributed by atoms with E-state index in [4.69, 9.17) is 9.47 Å². The molecule has 1 aromatic rings. The number of benzene rings is 1. The van der Waals surface area contributed by atoms with E-state index >= 15 is 0 Å². The summed E-state index contributed by atoms with van der Waals surface area (Å²) in [5.74, 6) is 0.0853. The number of carbonyl (C=O) groups excluding carboxylic acids is 2. The third-order valence-corrected chi connectivity index (χ3v) is 6.60. The lowest BCUT2D eigenvalue weighted by Crippen LogP contribution is -2.53. The molecule has 1 aromatic carbocycles. The Bertz CT molecular complexity index is 749. The highest BCUT2D eigenvalue weighted by Crippen LogP contribution is 2.25. The Morgan fingerprint density at radius 2 is 1.87 bits per heavy atom. The minimum Gasteiger partial charge on any atom is -0.394 e. The highest BCUT2D eigenvalue weighted by atomic mass is 16.5. The minimum absolute atomic E-state index is 0.0202. The third kappa shape index (κ3) is 5.02. The summed E-state index contributed by atoms with van der Waals surface area (Å²) >= 11 is 0. The Hall–Kier alpha value is -1.96. The first-order valence-corrected chi connectivity index (χ1v) is 11.1. The normalized spacial score (nSPS) is 27.4. The second-order valence-electron chi connectivity index (χ2n) is 8.60. The van der Waals surface area contributed by atoms with E-state index in [1.54, 1.807) is 0 Å². The predicted molar refractivity (Wildman–Crippen MR) is 111 cm³/mol. The highest BCUT2D eigenvalue weighted by Gasteiger charge is 2.35. The predicted octanol–water partition coefficient (Wildman–Crippen LogP) is 1.41. The number of amides is 2. The van der Waals surface area contributed by atoms with Gasteiger partial charge in [-0.2, -0.15) is 0 Å². The molecule has 2 saturated heterocycles. The molecular formula is C23H32N2O5. The van der Waals surface area contributed by atoms with Crippen LogP contribution in [0.1, 0.15) is 43.2 Å². The summed E-state index contributed by atoms with van der Waals surface area (Å²) in [5, 5.41) is 12.9. The van der Waals surface area contributed by atoms with Crippen LogP contribution in [-0.4, -0.2) is 66.4 Å². The lowest BCUT2D eigenvalue weighted by molar-refractivity contribution is -0.144. The van der Waals surface area contributed by atoms with Gasteiger partial charge in [-0.3, -0.25) is 9.59 Å². The average molecular weight is 417 g/mol. The second-order valence-corrected chi connectivity index (χ2v) is 8.60. The average Bonchev–Trinajstić information content (AvgIpc) is 2.80. The topological polar surface area (TPSA) is 88.1 Å². The number of nitrogens with zero attached hydrogens (tertiary/aromatic N) is 1. The van der Waals surface area contributed by atoms with E-state index in [1.807, 2.05) is 17.0 Å². The van der Waals surface area contributed by atoms with Crippen LogP contribution in [0.5, 0.6) is 0 Å². The second kappa shape index (κ2) is 9.90. The number of nitrogens with one attached hydrogen (secondary N) is 1. The van der Waals surface area contributed by atoms with E-state index in [9.17, 15) is 14.7 Å². The molecule has 0 aliphatic carbocycles. The zero-order chi connectivity index (χ0) is 20.9. The Morgan fingerprint density at radius 3 is 2.63 bits per heavy atom. The van der Waals surface area contributed by atoms with Gasteiger partial charge in [0, 0.05) is 32.2 Å². The zero-order valence-electron chi connectivity index (χ0n) is 17.4. The summed E-state index contributed by atoms with van der Waals surface area (Å²) in [6.07, 6.45) is 3.39. The molecule has 0 saturated carbocycles. The van der Waals surface area contributed by atoms with E-state index in [0.717, 1.165) is 25.8 Å². The first-order chi connectivity index (χ1) is 14.6. The molecule has 2 fully saturated rings. The zero-order valence-corrected chi connectivity index (χ0v) is 17.4. The summed E-state index contributed by atoms with van der Waals surface area (Å²) in [4.78, 5) is 27.3. The smallest absolute Gasteiger partial charge is 0.225 e. The van der Waals surface area contributed by atoms with E-state index in [-0.39, 0.29) is 36.5 Å². The quantitative estimate of drug-likeness (QED) is 0.758. The maximum Gasteiger partial charge on any atom is 0.225 e. The van der Waals surface area contributed by atoms with Crippen molar-refractivity contribution in [2.75, 3.05) is 26.4 Å². The fraction of sp³-hybridized carbons (Fsp3) is 0.652. The van der Waals surface area contributed by atoms with Gasteiger partial charge in [-0.1, -0.05) is 24.3 Å². The number of aliphatic hydroxyl groups is 1. The van der Waals surface area contributed by atoms with Gasteiger partial charge in [0.05, 0.1) is 25.2 Å². The molecule has 3 heterocycles. The third-order valence-electron chi connectivity index (χ3n) is 6.60. The van der Waals surface area contributed by atoms with Crippen LogP contribution in [0.2, 0.25) is 0 Å². The Kier molecular flexibility index (Phi) is 7.02. The van der Waals surface area contributed by atoms with Gasteiger partial charge in [0.1, 0.15) is 6.10 Å². The van der Waals surface area contributed by atoms with Crippen LogP contribution < -0.4 is 5.32 Å². The molecule has 2 N–H and O–H groups in total. The van der Waals surface area contributed by atoms with Gasteiger partial charge in [-0.05, 0) is 43.2 Å². The van der Waals surface area contributed by atoms with E-state index < -0.39 is 6.10 Å². The van der Waals surface area contributed by atoms with Crippen molar-refractivity contribution in [3.05, 3.63) is 35.4 Å². The summed E-state index contributed by atoms with van der Waals surface area (Å²) in [6.45, 7) is 2.45. The Morgan fingerprint density at radius 1 is 1.10 bits per heavy atom. The molecule has 4 rings (SSSR count). The molecule has 3 aliphatic rings. The van der Waals surface area contributed by atoms with Gasteiger partial charge in [-0.25, -0.2) is 0 Å². The van der Waals surface area contributed by atoms with Gasteiger partial charge in [0.25, 0.3) is 0 Å². The molecule has 0 aromatic heterocycles. The molecule has 164 valence electrons. The van der Waals surface area contributed by atoms with Crippen LogP contribution in [0.4, 0.5) is 0 Å². The van der Waals surface area contributed by atoms with Crippen LogP contribution in [0.3, 0.4) is 0 Å². The monoisotopic (exact) mass is 416 g/mol. The molecule has 7 heteroatoms. The van der Waals surface area contributed by atoms with Crippen molar-refractivity contribution in [3.63, 3.8) is 0 Å². The molecule has 3 aliphatic heterocycles. The summed E-state index contributed by atoms with van der Waals surface area (Å²) in [5.41, 5.74) is 2.53. The molecule has 0 radical (unpaired) electrons. The molecule has 7 nitrogen and oxygen atoms in total. The summed E-state index contributed by atoms with van der Waals surface area (Å²) < 4.78 is 11.4. The van der Waals surface area contributed by atoms with Crippen molar-refractivity contribution in [2.45, 2.75) is 63.3 Å². The van der Waals surface area contributed by atoms with Gasteiger partial charge >= 0.3 is 0 Å². The van der Waals surface area contributed by atoms with E-state index in [1.165, 1.54) is 11.1 Å². The molecular weight excluding hydrogens is 384 g/mol. The standard InChI is InChI=1S/C23H32N2O5/c26-15-21-20(24-23(28)17-8-11-29-12-9-17)6-5-19(30-21)13-22(27)25-10-7-16-3-1-2-4-18(16)14-25/h1-4,17,19-21,26H,5-15H2,(H,24,28)/t19-,20-,21-/m1/s1. The SMILES string of the molecule is O=C(N[C@@H]1CC[C@H](CC(=O)N2CCc3ccccc3C2)O[C@@H]1CO)C1CCOCC1. The molecule has 3 atom stereocenters. The number of aliphatic hydroxyl groups excluding tert-OH is 1. The summed E-state index contributed by atoms with van der Waals surface area (Å²) in [6, 6.07) is 8.05. The van der Waals surface area contributed by atoms with Gasteiger partial charge in [-0.15, -0.1) is 0 Å². The van der Waals surface area contributed by atoms with Crippen molar-refractivity contribution in [1.29, 1.82) is 0 Å². The van der Waals surface area contributed by atoms with Crippen LogP contribution in [-0.2, 0) is 32.0 Å². The Labute approximate surface area is 177 Å². The number of ether oxygens (including phenoxy) is 2. The number of rotatable bonds is 5. The van der Waals surface area contributed by atoms with Crippen molar-refractivity contribution in [1.82, 2.24) is 10.2 Å². The molecule has 0 unspecified atom stereocenters. The largest absolute Gasteiger partial charge is 0.394 e. The fourth-order valence-corrected chi connectivity index (χ4v) is 4.74. The molecule has 0 spiro atoms. The number of carbonyl (C=O) groups is 2. The molecule has 2 amide bonds. The van der Waals surface area contributed by atoms with Crippen LogP contribution in [0.25, 0.3) is 0 Å². The highest BCUT2D eigenvalue weighted by molar-refractivity contribution is 5.79. The van der Waals surface area contributed by atoms with Crippen LogP contribution >= 0.6 is 0 Å². The maximum absolute atomic E-state index is 12.8. The van der Waals surface area contributed by atoms with Crippen molar-refractivity contribution in [3.8, 4) is 0 Å². The number of fused-ring (bicyclic) bond motifs is 1. The van der Waals surface area contributed by atoms with Crippen molar-refractivity contribution >= 4 is 11.8 Å². The van der Waals surface area contributed by atoms with Crippen LogP contribution in [0, 0.1) is 5.92 Å². The van der Waals surface area contributed by atoms with Gasteiger partial charge in [0.2, 0.25) is 11.8 Å². The number of hydrogen-bond donors (Lipinski definition) is 2. The van der Waals surface area contributed by atoms with Crippen molar-refractivity contribution < 1.29 is 24.2 Å². The first-order valence-electron chi connectivity index (χ1n) is 11.1. The van der Waals surface area contributed by atoms with Gasteiger partial charge < -0.3 is 24.8 Å². The van der Waals surface area contributed by atoms with E-state index in [2.05, 4.69) is 17.4 Å². The Balaban J connectivity index is 1.27. The molecule has 0 bridgehead atoms. The first kappa shape index (κ1) is 21.3. The lowest BCUT2D eigenvalue weighted by Gasteiger charge is -2.38. The van der Waals surface area contributed by atoms with E-state index in [0.29, 0.717) is 39.0 Å².